The lowest BCUT2D eigenvalue weighted by molar-refractivity contribution is 0.378. The van der Waals surface area contributed by atoms with Crippen molar-refractivity contribution < 1.29 is 18.9 Å². The average Bonchev–Trinajstić information content (AvgIpc) is 1.84. The van der Waals surface area contributed by atoms with Gasteiger partial charge in [-0.1, -0.05) is 17.9 Å². The Morgan fingerprint density at radius 1 is 1.33 bits per heavy atom. The fourth-order valence-corrected chi connectivity index (χ4v) is 3.60. The molecule has 6 heteroatoms. The molecule has 0 aromatic carbocycles. The summed E-state index contributed by atoms with van der Waals surface area (Å²) >= 11 is 0. The minimum atomic E-state index is -4.05. The summed E-state index contributed by atoms with van der Waals surface area (Å²) in [6, 6.07) is 0. The third kappa shape index (κ3) is 8.35. The summed E-state index contributed by atoms with van der Waals surface area (Å²) in [5.74, 6) is -0.452. The van der Waals surface area contributed by atoms with Gasteiger partial charge in [0, 0.05) is 0 Å². The van der Waals surface area contributed by atoms with E-state index < -0.39 is 21.3 Å². The summed E-state index contributed by atoms with van der Waals surface area (Å²) in [4.78, 5) is 16.9. The van der Waals surface area contributed by atoms with Gasteiger partial charge in [-0.3, -0.25) is 4.57 Å². The van der Waals surface area contributed by atoms with Crippen molar-refractivity contribution in [2.24, 2.45) is 0 Å². The van der Waals surface area contributed by atoms with Crippen molar-refractivity contribution in [2.45, 2.75) is 26.2 Å². The topological polar surface area (TPSA) is 74.6 Å². The van der Waals surface area contributed by atoms with Gasteiger partial charge in [0.15, 0.2) is 0 Å². The molecule has 2 N–H and O–H groups in total. The van der Waals surface area contributed by atoms with Crippen molar-refractivity contribution in [3.8, 4) is 0 Å². The predicted octanol–water partition coefficient (Wildman–Crippen LogP) is 2.14. The summed E-state index contributed by atoms with van der Waals surface area (Å²) in [5, 5.41) is 0. The molecule has 0 aliphatic rings. The maximum atomic E-state index is 11.0. The van der Waals surface area contributed by atoms with Crippen LogP contribution in [0.5, 0.6) is 0 Å². The summed E-state index contributed by atoms with van der Waals surface area (Å²) in [7, 11) is -5.75. The van der Waals surface area contributed by atoms with Crippen LogP contribution in [-0.4, -0.2) is 21.9 Å². The molecular formula is C6H15O4P2+. The molecule has 0 aromatic heterocycles. The molecule has 4 nitrogen and oxygen atoms in total. The van der Waals surface area contributed by atoms with Gasteiger partial charge < -0.3 is 9.79 Å². The summed E-state index contributed by atoms with van der Waals surface area (Å²) in [6.45, 7) is 2.02. The van der Waals surface area contributed by atoms with E-state index in [2.05, 4.69) is 0 Å². The monoisotopic (exact) mass is 213 g/mol. The molecule has 0 spiro atoms. The van der Waals surface area contributed by atoms with Crippen LogP contribution in [0.15, 0.2) is 0 Å². The number of unbranched alkanes of at least 4 members (excludes halogenated alkanes) is 2. The lowest BCUT2D eigenvalue weighted by atomic mass is 10.3. The molecule has 72 valence electrons. The molecule has 0 aliphatic carbocycles. The molecule has 1 unspecified atom stereocenters. The van der Waals surface area contributed by atoms with E-state index >= 15 is 0 Å². The SMILES string of the molecule is CCCCC[P+](=O)CP(=O)(O)O. The predicted molar refractivity (Wildman–Crippen MR) is 48.9 cm³/mol. The Bertz CT molecular complexity index is 186. The first-order valence-corrected chi connectivity index (χ1v) is 7.35. The van der Waals surface area contributed by atoms with Crippen molar-refractivity contribution in [3.05, 3.63) is 0 Å². The van der Waals surface area contributed by atoms with Crippen LogP contribution in [0.3, 0.4) is 0 Å². The Morgan fingerprint density at radius 2 is 1.92 bits per heavy atom. The highest BCUT2D eigenvalue weighted by Gasteiger charge is 2.27. The second-order valence-electron chi connectivity index (χ2n) is 2.72. The molecule has 0 fully saturated rings. The van der Waals surface area contributed by atoms with Crippen molar-refractivity contribution in [1.82, 2.24) is 0 Å². The van der Waals surface area contributed by atoms with E-state index in [4.69, 9.17) is 9.79 Å². The zero-order valence-corrected chi connectivity index (χ0v) is 8.93. The smallest absolute Gasteiger partial charge is 0.321 e. The van der Waals surface area contributed by atoms with E-state index in [9.17, 15) is 9.13 Å². The van der Waals surface area contributed by atoms with Gasteiger partial charge >= 0.3 is 15.4 Å². The Balaban J connectivity index is 3.54. The largest absolute Gasteiger partial charge is 0.373 e. The van der Waals surface area contributed by atoms with Crippen LogP contribution >= 0.6 is 15.4 Å². The fourth-order valence-electron chi connectivity index (χ4n) is 0.814. The molecule has 0 rings (SSSR count). The van der Waals surface area contributed by atoms with Crippen LogP contribution in [0.2, 0.25) is 0 Å². The molecule has 0 bridgehead atoms. The highest BCUT2D eigenvalue weighted by Crippen LogP contribution is 2.45. The zero-order chi connectivity index (χ0) is 9.61. The molecule has 0 heterocycles. The average molecular weight is 213 g/mol. The second-order valence-corrected chi connectivity index (χ2v) is 6.59. The standard InChI is InChI=1S/C6H14O4P2/c1-2-3-4-5-11(7)6-12(8,9)10/h2-6H2,1H3,(H-,8,9,10)/p+1. The summed E-state index contributed by atoms with van der Waals surface area (Å²) in [5.41, 5.74) is 0. The fraction of sp³-hybridized carbons (Fsp3) is 1.00. The van der Waals surface area contributed by atoms with Gasteiger partial charge in [0.2, 0.25) is 5.90 Å². The van der Waals surface area contributed by atoms with Crippen molar-refractivity contribution >= 4 is 15.4 Å². The van der Waals surface area contributed by atoms with E-state index in [0.29, 0.717) is 6.16 Å². The van der Waals surface area contributed by atoms with Crippen LogP contribution in [0.25, 0.3) is 0 Å². The van der Waals surface area contributed by atoms with Gasteiger partial charge in [0.25, 0.3) is 0 Å². The second kappa shape index (κ2) is 5.82. The van der Waals surface area contributed by atoms with Crippen LogP contribution in [0, 0.1) is 0 Å². The first-order valence-electron chi connectivity index (χ1n) is 3.92. The van der Waals surface area contributed by atoms with Gasteiger partial charge in [-0.05, 0) is 12.8 Å². The van der Waals surface area contributed by atoms with E-state index in [1.54, 1.807) is 0 Å². The quantitative estimate of drug-likeness (QED) is 0.523. The normalized spacial score (nSPS) is 13.1. The van der Waals surface area contributed by atoms with E-state index in [1.165, 1.54) is 0 Å². The third-order valence-corrected chi connectivity index (χ3v) is 4.90. The van der Waals surface area contributed by atoms with Gasteiger partial charge in [-0.15, -0.1) is 0 Å². The highest BCUT2D eigenvalue weighted by molar-refractivity contribution is 7.66. The molecule has 0 amide bonds. The molecule has 12 heavy (non-hydrogen) atoms. The maximum Gasteiger partial charge on any atom is 0.373 e. The molecular weight excluding hydrogens is 198 g/mol. The van der Waals surface area contributed by atoms with E-state index in [-0.39, 0.29) is 0 Å². The molecule has 0 saturated carbocycles. The Kier molecular flexibility index (Phi) is 5.94. The highest BCUT2D eigenvalue weighted by atomic mass is 31.2. The Hall–Kier alpha value is 0.250. The summed E-state index contributed by atoms with van der Waals surface area (Å²) < 4.78 is 21.4. The molecule has 0 aromatic rings. The van der Waals surface area contributed by atoms with Crippen molar-refractivity contribution in [1.29, 1.82) is 0 Å². The van der Waals surface area contributed by atoms with Gasteiger partial charge in [-0.2, -0.15) is 0 Å². The lowest BCUT2D eigenvalue weighted by Gasteiger charge is -1.93. The number of hydrogen-bond donors (Lipinski definition) is 2. The number of rotatable bonds is 6. The minimum absolute atomic E-state index is 0.439. The van der Waals surface area contributed by atoms with Gasteiger partial charge in [-0.25, -0.2) is 0 Å². The van der Waals surface area contributed by atoms with Crippen LogP contribution in [-0.2, 0) is 9.13 Å². The molecule has 0 saturated heterocycles. The summed E-state index contributed by atoms with van der Waals surface area (Å²) in [6.07, 6.45) is 3.24. The lowest BCUT2D eigenvalue weighted by Crippen LogP contribution is -1.86. The van der Waals surface area contributed by atoms with E-state index in [1.807, 2.05) is 6.92 Å². The first kappa shape index (κ1) is 12.2. The third-order valence-electron chi connectivity index (χ3n) is 1.35. The Labute approximate surface area is 73.3 Å². The van der Waals surface area contributed by atoms with Gasteiger partial charge in [0.05, 0.1) is 0 Å². The minimum Gasteiger partial charge on any atom is -0.321 e. The number of hydrogen-bond acceptors (Lipinski definition) is 2. The molecule has 0 radical (unpaired) electrons. The van der Waals surface area contributed by atoms with Crippen LogP contribution in [0.4, 0.5) is 0 Å². The first-order chi connectivity index (χ1) is 5.45. The van der Waals surface area contributed by atoms with Crippen molar-refractivity contribution in [2.75, 3.05) is 12.1 Å². The maximum absolute atomic E-state index is 11.0. The van der Waals surface area contributed by atoms with E-state index in [0.717, 1.165) is 19.3 Å². The molecule has 1 atom stereocenters. The zero-order valence-electron chi connectivity index (χ0n) is 7.14. The van der Waals surface area contributed by atoms with Crippen LogP contribution < -0.4 is 0 Å². The van der Waals surface area contributed by atoms with Crippen molar-refractivity contribution in [3.63, 3.8) is 0 Å². The Morgan fingerprint density at radius 3 is 2.33 bits per heavy atom. The van der Waals surface area contributed by atoms with Gasteiger partial charge in [0.1, 0.15) is 6.16 Å². The van der Waals surface area contributed by atoms with Crippen LogP contribution in [0.1, 0.15) is 26.2 Å². The molecule has 0 aliphatic heterocycles.